The van der Waals surface area contributed by atoms with E-state index in [0.29, 0.717) is 18.8 Å². The van der Waals surface area contributed by atoms with E-state index in [2.05, 4.69) is 36.5 Å². The number of benzene rings is 1. The standard InChI is InChI=1S/C26H36N4O2/c1-4-19-13-15-20(16-14-19)22-17-23-24(31)29(5-2)26(3,18-30(23)28-22)25(32)27-21-11-9-7-6-8-10-12-21/h13-17,21H,4-12,18H2,1-3H3,(H,27,32). The molecule has 1 aliphatic carbocycles. The Kier molecular flexibility index (Phi) is 6.68. The summed E-state index contributed by atoms with van der Waals surface area (Å²) in [6.07, 6.45) is 9.10. The fraction of sp³-hybridized carbons (Fsp3) is 0.577. The van der Waals surface area contributed by atoms with Crippen molar-refractivity contribution in [1.82, 2.24) is 20.0 Å². The molecule has 2 aromatic rings. The van der Waals surface area contributed by atoms with Gasteiger partial charge in [-0.05, 0) is 44.7 Å². The average molecular weight is 437 g/mol. The summed E-state index contributed by atoms with van der Waals surface area (Å²) in [5, 5.41) is 8.03. The number of rotatable bonds is 5. The van der Waals surface area contributed by atoms with Crippen LogP contribution in [0.25, 0.3) is 11.3 Å². The maximum absolute atomic E-state index is 13.5. The van der Waals surface area contributed by atoms with Crippen LogP contribution in [0.2, 0.25) is 0 Å². The summed E-state index contributed by atoms with van der Waals surface area (Å²) in [5.74, 6) is -0.189. The number of carbonyl (C=O) groups is 2. The Balaban J connectivity index is 1.58. The first-order chi connectivity index (χ1) is 15.5. The van der Waals surface area contributed by atoms with E-state index < -0.39 is 5.54 Å². The Morgan fingerprint density at radius 3 is 2.38 bits per heavy atom. The lowest BCUT2D eigenvalue weighted by atomic mass is 9.92. The lowest BCUT2D eigenvalue weighted by Gasteiger charge is -2.43. The number of hydrogen-bond acceptors (Lipinski definition) is 3. The van der Waals surface area contributed by atoms with Crippen LogP contribution in [0.5, 0.6) is 0 Å². The minimum atomic E-state index is -0.948. The van der Waals surface area contributed by atoms with Crippen molar-refractivity contribution in [2.24, 2.45) is 0 Å². The molecular weight excluding hydrogens is 400 g/mol. The van der Waals surface area contributed by atoms with Gasteiger partial charge in [0.15, 0.2) is 0 Å². The smallest absolute Gasteiger partial charge is 0.273 e. The molecule has 2 heterocycles. The first-order valence-electron chi connectivity index (χ1n) is 12.3. The lowest BCUT2D eigenvalue weighted by Crippen LogP contribution is -2.65. The number of amides is 2. The number of aromatic nitrogens is 2. The van der Waals surface area contributed by atoms with Gasteiger partial charge in [0, 0.05) is 18.2 Å². The SMILES string of the molecule is CCc1ccc(-c2cc3n(n2)CC(C)(C(=O)NC2CCCCCCC2)N(CC)C3=O)cc1. The summed E-state index contributed by atoms with van der Waals surface area (Å²) in [6, 6.07) is 10.4. The second kappa shape index (κ2) is 9.47. The largest absolute Gasteiger partial charge is 0.351 e. The first kappa shape index (κ1) is 22.6. The first-order valence-corrected chi connectivity index (χ1v) is 12.3. The van der Waals surface area contributed by atoms with Crippen LogP contribution >= 0.6 is 0 Å². The molecule has 1 aromatic carbocycles. The fourth-order valence-electron chi connectivity index (χ4n) is 5.13. The van der Waals surface area contributed by atoms with Crippen LogP contribution < -0.4 is 5.32 Å². The molecule has 1 fully saturated rings. The highest BCUT2D eigenvalue weighted by molar-refractivity contribution is 6.00. The van der Waals surface area contributed by atoms with Crippen LogP contribution in [-0.2, 0) is 17.8 Å². The molecule has 1 aliphatic heterocycles. The summed E-state index contributed by atoms with van der Waals surface area (Å²) in [5.41, 5.74) is 2.63. The summed E-state index contributed by atoms with van der Waals surface area (Å²) in [6.45, 7) is 6.81. The zero-order chi connectivity index (χ0) is 22.7. The van der Waals surface area contributed by atoms with Crippen molar-refractivity contribution in [3.05, 3.63) is 41.6 Å². The monoisotopic (exact) mass is 436 g/mol. The normalized spacial score (nSPS) is 22.2. The molecule has 172 valence electrons. The van der Waals surface area contributed by atoms with Gasteiger partial charge in [0.2, 0.25) is 5.91 Å². The Morgan fingerprint density at radius 2 is 1.75 bits per heavy atom. The molecule has 1 unspecified atom stereocenters. The molecule has 1 saturated carbocycles. The number of nitrogens with one attached hydrogen (secondary N) is 1. The van der Waals surface area contributed by atoms with Gasteiger partial charge >= 0.3 is 0 Å². The van der Waals surface area contributed by atoms with Crippen LogP contribution in [0.4, 0.5) is 0 Å². The van der Waals surface area contributed by atoms with E-state index in [9.17, 15) is 9.59 Å². The molecule has 0 bridgehead atoms. The number of hydrogen-bond donors (Lipinski definition) is 1. The van der Waals surface area contributed by atoms with Crippen molar-refractivity contribution >= 4 is 11.8 Å². The minimum absolute atomic E-state index is 0.0618. The third-order valence-electron chi connectivity index (χ3n) is 7.20. The molecule has 0 spiro atoms. The van der Waals surface area contributed by atoms with Gasteiger partial charge in [-0.1, -0.05) is 63.3 Å². The molecule has 6 nitrogen and oxygen atoms in total. The zero-order valence-electron chi connectivity index (χ0n) is 19.7. The van der Waals surface area contributed by atoms with Gasteiger partial charge in [-0.15, -0.1) is 0 Å². The third-order valence-corrected chi connectivity index (χ3v) is 7.20. The minimum Gasteiger partial charge on any atom is -0.351 e. The van der Waals surface area contributed by atoms with Gasteiger partial charge < -0.3 is 10.2 Å². The van der Waals surface area contributed by atoms with Gasteiger partial charge in [0.25, 0.3) is 5.91 Å². The van der Waals surface area contributed by atoms with E-state index in [1.54, 1.807) is 9.58 Å². The zero-order valence-corrected chi connectivity index (χ0v) is 19.7. The van der Waals surface area contributed by atoms with Gasteiger partial charge in [-0.2, -0.15) is 5.10 Å². The highest BCUT2D eigenvalue weighted by Gasteiger charge is 2.47. The van der Waals surface area contributed by atoms with Crippen LogP contribution in [0.3, 0.4) is 0 Å². The number of likely N-dealkylation sites (N-methyl/N-ethyl adjacent to an activating group) is 1. The molecular formula is C26H36N4O2. The summed E-state index contributed by atoms with van der Waals surface area (Å²) < 4.78 is 1.73. The number of carbonyl (C=O) groups excluding carboxylic acids is 2. The van der Waals surface area contributed by atoms with E-state index in [1.807, 2.05) is 19.9 Å². The lowest BCUT2D eigenvalue weighted by molar-refractivity contribution is -0.133. The highest BCUT2D eigenvalue weighted by atomic mass is 16.2. The molecule has 2 aliphatic rings. The Morgan fingerprint density at radius 1 is 1.09 bits per heavy atom. The van der Waals surface area contributed by atoms with E-state index >= 15 is 0 Å². The molecule has 4 rings (SSSR count). The van der Waals surface area contributed by atoms with Crippen molar-refractivity contribution in [2.45, 2.75) is 90.3 Å². The molecule has 0 radical (unpaired) electrons. The van der Waals surface area contributed by atoms with Gasteiger partial charge in [0.1, 0.15) is 11.2 Å². The summed E-state index contributed by atoms with van der Waals surface area (Å²) in [7, 11) is 0. The number of nitrogens with zero attached hydrogens (tertiary/aromatic N) is 3. The topological polar surface area (TPSA) is 67.2 Å². The van der Waals surface area contributed by atoms with Crippen LogP contribution in [0.15, 0.2) is 30.3 Å². The molecule has 32 heavy (non-hydrogen) atoms. The van der Waals surface area contributed by atoms with Crippen molar-refractivity contribution in [3.63, 3.8) is 0 Å². The van der Waals surface area contributed by atoms with E-state index in [1.165, 1.54) is 24.8 Å². The average Bonchev–Trinajstić information content (AvgIpc) is 3.19. The van der Waals surface area contributed by atoms with Crippen molar-refractivity contribution < 1.29 is 9.59 Å². The third kappa shape index (κ3) is 4.32. The summed E-state index contributed by atoms with van der Waals surface area (Å²) in [4.78, 5) is 28.6. The van der Waals surface area contributed by atoms with Crippen molar-refractivity contribution in [2.75, 3.05) is 6.54 Å². The number of fused-ring (bicyclic) bond motifs is 1. The van der Waals surface area contributed by atoms with Crippen LogP contribution in [0.1, 0.15) is 81.8 Å². The molecule has 1 N–H and O–H groups in total. The van der Waals surface area contributed by atoms with Gasteiger partial charge in [0.05, 0.1) is 12.2 Å². The number of aryl methyl sites for hydroxylation is 1. The van der Waals surface area contributed by atoms with Crippen molar-refractivity contribution in [3.8, 4) is 11.3 Å². The maximum atomic E-state index is 13.5. The molecule has 1 aromatic heterocycles. The van der Waals surface area contributed by atoms with Gasteiger partial charge in [-0.25, -0.2) is 0 Å². The predicted molar refractivity (Wildman–Crippen MR) is 126 cm³/mol. The quantitative estimate of drug-likeness (QED) is 0.746. The molecule has 2 amide bonds. The molecule has 0 saturated heterocycles. The highest BCUT2D eigenvalue weighted by Crippen LogP contribution is 2.30. The maximum Gasteiger partial charge on any atom is 0.273 e. The molecule has 1 atom stereocenters. The van der Waals surface area contributed by atoms with Crippen LogP contribution in [0, 0.1) is 0 Å². The van der Waals surface area contributed by atoms with E-state index in [0.717, 1.165) is 43.4 Å². The van der Waals surface area contributed by atoms with Crippen LogP contribution in [-0.4, -0.2) is 44.6 Å². The second-order valence-electron chi connectivity index (χ2n) is 9.46. The second-order valence-corrected chi connectivity index (χ2v) is 9.46. The fourth-order valence-corrected chi connectivity index (χ4v) is 5.13. The predicted octanol–water partition coefficient (Wildman–Crippen LogP) is 4.58. The van der Waals surface area contributed by atoms with Gasteiger partial charge in [-0.3, -0.25) is 14.3 Å². The molecule has 6 heteroatoms. The Bertz CT molecular complexity index is 957. The Labute approximate surface area is 191 Å². The van der Waals surface area contributed by atoms with Crippen molar-refractivity contribution in [1.29, 1.82) is 0 Å². The van der Waals surface area contributed by atoms with E-state index in [4.69, 9.17) is 5.10 Å². The van der Waals surface area contributed by atoms with E-state index in [-0.39, 0.29) is 17.9 Å². The Hall–Kier alpha value is -2.63. The summed E-state index contributed by atoms with van der Waals surface area (Å²) >= 11 is 0.